The van der Waals surface area contributed by atoms with Crippen LogP contribution in [0.5, 0.6) is 5.75 Å². The van der Waals surface area contributed by atoms with Gasteiger partial charge in [-0.2, -0.15) is 0 Å². The van der Waals surface area contributed by atoms with Gasteiger partial charge in [-0.1, -0.05) is 45.1 Å². The number of phenols is 1. The Morgan fingerprint density at radius 2 is 1.77 bits per heavy atom. The average molecular weight is 353 g/mol. The summed E-state index contributed by atoms with van der Waals surface area (Å²) in [6.07, 6.45) is 8.83. The predicted molar refractivity (Wildman–Crippen MR) is 103 cm³/mol. The number of benzene rings is 2. The smallest absolute Gasteiger partial charge is 0.134 e. The summed E-state index contributed by atoms with van der Waals surface area (Å²) in [6, 6.07) is 9.25. The Balaban J connectivity index is 0.000000236. The highest BCUT2D eigenvalue weighted by molar-refractivity contribution is 5.91. The molecule has 0 saturated heterocycles. The molecule has 4 rings (SSSR count). The SMILES string of the molecule is CC1CCCCC1.Nc1ncnc2ccc(-c3cc(O)cc(F)c3)cc12. The maximum Gasteiger partial charge on any atom is 0.134 e. The van der Waals surface area contributed by atoms with E-state index < -0.39 is 5.82 Å². The molecule has 0 radical (unpaired) electrons. The van der Waals surface area contributed by atoms with Gasteiger partial charge in [0.1, 0.15) is 23.7 Å². The van der Waals surface area contributed by atoms with Gasteiger partial charge >= 0.3 is 0 Å². The fourth-order valence-corrected chi connectivity index (χ4v) is 3.30. The first-order valence-electron chi connectivity index (χ1n) is 9.03. The fraction of sp³-hybridized carbons (Fsp3) is 0.333. The summed E-state index contributed by atoms with van der Waals surface area (Å²) in [4.78, 5) is 8.02. The number of nitrogens with two attached hydrogens (primary N) is 1. The highest BCUT2D eigenvalue weighted by Crippen LogP contribution is 2.28. The van der Waals surface area contributed by atoms with Crippen molar-refractivity contribution in [2.24, 2.45) is 5.92 Å². The third-order valence-corrected chi connectivity index (χ3v) is 4.78. The largest absolute Gasteiger partial charge is 0.508 e. The number of nitrogen functional groups attached to an aromatic ring is 1. The molecule has 1 saturated carbocycles. The van der Waals surface area contributed by atoms with Gasteiger partial charge in [0.05, 0.1) is 5.52 Å². The maximum atomic E-state index is 13.3. The molecule has 1 fully saturated rings. The lowest BCUT2D eigenvalue weighted by Gasteiger charge is -2.15. The molecule has 1 heterocycles. The number of hydrogen-bond acceptors (Lipinski definition) is 4. The van der Waals surface area contributed by atoms with E-state index >= 15 is 0 Å². The summed E-state index contributed by atoms with van der Waals surface area (Å²) < 4.78 is 13.3. The number of halogens is 1. The van der Waals surface area contributed by atoms with Gasteiger partial charge in [-0.3, -0.25) is 0 Å². The van der Waals surface area contributed by atoms with E-state index in [9.17, 15) is 9.50 Å². The highest BCUT2D eigenvalue weighted by atomic mass is 19.1. The molecule has 3 aromatic rings. The molecule has 0 atom stereocenters. The van der Waals surface area contributed by atoms with Crippen LogP contribution < -0.4 is 5.73 Å². The molecule has 136 valence electrons. The van der Waals surface area contributed by atoms with E-state index in [2.05, 4.69) is 16.9 Å². The standard InChI is InChI=1S/C14H10FN3O.C7H14/c15-10-3-9(4-11(19)6-10)8-1-2-13-12(5-8)14(16)18-7-17-13;1-7-5-3-2-4-6-7/h1-7,19H,(H2,16,17,18);7H,2-6H2,1H3. The average Bonchev–Trinajstić information content (AvgIpc) is 2.62. The van der Waals surface area contributed by atoms with E-state index in [4.69, 9.17) is 5.73 Å². The zero-order valence-electron chi connectivity index (χ0n) is 15.0. The minimum atomic E-state index is -0.493. The summed E-state index contributed by atoms with van der Waals surface area (Å²) in [5, 5.41) is 10.1. The first-order valence-corrected chi connectivity index (χ1v) is 9.03. The molecule has 3 N–H and O–H groups in total. The van der Waals surface area contributed by atoms with Gasteiger partial charge in [0.2, 0.25) is 0 Å². The van der Waals surface area contributed by atoms with Crippen LogP contribution in [-0.4, -0.2) is 15.1 Å². The van der Waals surface area contributed by atoms with E-state index in [-0.39, 0.29) is 5.75 Å². The van der Waals surface area contributed by atoms with Crippen molar-refractivity contribution in [2.75, 3.05) is 5.73 Å². The van der Waals surface area contributed by atoms with Crippen molar-refractivity contribution in [3.63, 3.8) is 0 Å². The lowest BCUT2D eigenvalue weighted by atomic mass is 9.91. The lowest BCUT2D eigenvalue weighted by molar-refractivity contribution is 0.385. The zero-order chi connectivity index (χ0) is 18.5. The van der Waals surface area contributed by atoms with Gasteiger partial charge in [-0.25, -0.2) is 14.4 Å². The zero-order valence-corrected chi connectivity index (χ0v) is 15.0. The Morgan fingerprint density at radius 3 is 2.42 bits per heavy atom. The molecule has 26 heavy (non-hydrogen) atoms. The Labute approximate surface area is 152 Å². The van der Waals surface area contributed by atoms with E-state index in [1.807, 2.05) is 0 Å². The molecule has 1 aliphatic carbocycles. The molecule has 2 aromatic carbocycles. The summed E-state index contributed by atoms with van der Waals surface area (Å²) >= 11 is 0. The number of aromatic nitrogens is 2. The fourth-order valence-electron chi connectivity index (χ4n) is 3.30. The normalized spacial score (nSPS) is 14.7. The van der Waals surface area contributed by atoms with E-state index in [1.165, 1.54) is 50.6 Å². The van der Waals surface area contributed by atoms with Crippen LogP contribution in [0, 0.1) is 11.7 Å². The Bertz CT molecular complexity index is 871. The summed E-state index contributed by atoms with van der Waals surface area (Å²) in [6.45, 7) is 2.36. The molecule has 0 bridgehead atoms. The highest BCUT2D eigenvalue weighted by Gasteiger charge is 2.07. The van der Waals surface area contributed by atoms with Gasteiger partial charge in [0.15, 0.2) is 0 Å². The van der Waals surface area contributed by atoms with Crippen molar-refractivity contribution in [1.82, 2.24) is 9.97 Å². The van der Waals surface area contributed by atoms with E-state index in [0.29, 0.717) is 16.8 Å². The van der Waals surface area contributed by atoms with Crippen LogP contribution in [0.15, 0.2) is 42.7 Å². The summed E-state index contributed by atoms with van der Waals surface area (Å²) in [5.41, 5.74) is 7.82. The molecule has 0 amide bonds. The van der Waals surface area contributed by atoms with Crippen LogP contribution >= 0.6 is 0 Å². The minimum absolute atomic E-state index is 0.118. The maximum absolute atomic E-state index is 13.3. The number of phenolic OH excluding ortho intramolecular Hbond substituents is 1. The second-order valence-corrected chi connectivity index (χ2v) is 6.93. The predicted octanol–water partition coefficient (Wildman–Crippen LogP) is 5.31. The van der Waals surface area contributed by atoms with Crippen LogP contribution in [0.2, 0.25) is 0 Å². The molecule has 0 unspecified atom stereocenters. The molecule has 4 nitrogen and oxygen atoms in total. The molecule has 1 aliphatic rings. The van der Waals surface area contributed by atoms with Crippen LogP contribution in [0.3, 0.4) is 0 Å². The van der Waals surface area contributed by atoms with Crippen LogP contribution in [0.25, 0.3) is 22.0 Å². The molecule has 0 spiro atoms. The summed E-state index contributed by atoms with van der Waals surface area (Å²) in [7, 11) is 0. The number of hydrogen-bond donors (Lipinski definition) is 2. The second-order valence-electron chi connectivity index (χ2n) is 6.93. The number of nitrogens with zero attached hydrogens (tertiary/aromatic N) is 2. The van der Waals surface area contributed by atoms with Crippen molar-refractivity contribution >= 4 is 16.7 Å². The third kappa shape index (κ3) is 4.48. The molecule has 1 aromatic heterocycles. The Hall–Kier alpha value is -2.69. The van der Waals surface area contributed by atoms with E-state index in [1.54, 1.807) is 18.2 Å². The molecule has 5 heteroatoms. The van der Waals surface area contributed by atoms with Crippen molar-refractivity contribution < 1.29 is 9.50 Å². The Morgan fingerprint density at radius 1 is 1.00 bits per heavy atom. The lowest BCUT2D eigenvalue weighted by Crippen LogP contribution is -1.99. The van der Waals surface area contributed by atoms with Gasteiger partial charge < -0.3 is 10.8 Å². The van der Waals surface area contributed by atoms with Crippen molar-refractivity contribution in [1.29, 1.82) is 0 Å². The first kappa shape index (κ1) is 18.1. The number of anilines is 1. The molecular formula is C21H24FN3O. The molecule has 0 aliphatic heterocycles. The number of fused-ring (bicyclic) bond motifs is 1. The van der Waals surface area contributed by atoms with Crippen LogP contribution in [0.4, 0.5) is 10.2 Å². The van der Waals surface area contributed by atoms with Crippen molar-refractivity contribution in [3.8, 4) is 16.9 Å². The van der Waals surface area contributed by atoms with Crippen LogP contribution in [-0.2, 0) is 0 Å². The number of aromatic hydroxyl groups is 1. The van der Waals surface area contributed by atoms with Crippen molar-refractivity contribution in [2.45, 2.75) is 39.0 Å². The monoisotopic (exact) mass is 353 g/mol. The Kier molecular flexibility index (Phi) is 5.66. The van der Waals surface area contributed by atoms with Gasteiger partial charge in [-0.05, 0) is 41.3 Å². The molecular weight excluding hydrogens is 329 g/mol. The topological polar surface area (TPSA) is 72.0 Å². The minimum Gasteiger partial charge on any atom is -0.508 e. The van der Waals surface area contributed by atoms with E-state index in [0.717, 1.165) is 23.1 Å². The first-order chi connectivity index (χ1) is 12.5. The second kappa shape index (κ2) is 8.13. The van der Waals surface area contributed by atoms with Crippen LogP contribution in [0.1, 0.15) is 39.0 Å². The van der Waals surface area contributed by atoms with Gasteiger partial charge in [0.25, 0.3) is 0 Å². The van der Waals surface area contributed by atoms with Gasteiger partial charge in [-0.15, -0.1) is 0 Å². The van der Waals surface area contributed by atoms with Crippen molar-refractivity contribution in [3.05, 3.63) is 48.5 Å². The summed E-state index contributed by atoms with van der Waals surface area (Å²) in [5.74, 6) is 0.793. The van der Waals surface area contributed by atoms with Gasteiger partial charge in [0, 0.05) is 11.5 Å². The third-order valence-electron chi connectivity index (χ3n) is 4.78. The number of rotatable bonds is 1. The quantitative estimate of drug-likeness (QED) is 0.622.